The van der Waals surface area contributed by atoms with E-state index in [0.717, 1.165) is 39.5 Å². The summed E-state index contributed by atoms with van der Waals surface area (Å²) in [4.78, 5) is 4.41. The SMILES string of the molecule is COc1ccc(C=Cc2ccc(-c3ncc(-c4ccccc4)o3)cc2)c(OC)c1. The van der Waals surface area contributed by atoms with Gasteiger partial charge in [0.15, 0.2) is 5.76 Å². The molecule has 3 aromatic carbocycles. The number of aromatic nitrogens is 1. The zero-order valence-electron chi connectivity index (χ0n) is 16.3. The molecule has 4 rings (SSSR count). The summed E-state index contributed by atoms with van der Waals surface area (Å²) in [5.74, 6) is 2.90. The highest BCUT2D eigenvalue weighted by atomic mass is 16.5. The second-order valence-corrected chi connectivity index (χ2v) is 6.46. The Morgan fingerprint density at radius 1 is 0.793 bits per heavy atom. The summed E-state index contributed by atoms with van der Waals surface area (Å²) in [7, 11) is 3.30. The molecule has 29 heavy (non-hydrogen) atoms. The van der Waals surface area contributed by atoms with Gasteiger partial charge in [-0.3, -0.25) is 0 Å². The number of nitrogens with zero attached hydrogens (tertiary/aromatic N) is 1. The second kappa shape index (κ2) is 8.48. The number of benzene rings is 3. The Hall–Kier alpha value is -3.79. The van der Waals surface area contributed by atoms with Crippen molar-refractivity contribution in [2.75, 3.05) is 14.2 Å². The van der Waals surface area contributed by atoms with Gasteiger partial charge in [0.05, 0.1) is 20.4 Å². The number of ether oxygens (including phenoxy) is 2. The van der Waals surface area contributed by atoms with Crippen LogP contribution in [0.2, 0.25) is 0 Å². The van der Waals surface area contributed by atoms with Gasteiger partial charge in [0.2, 0.25) is 5.89 Å². The first-order valence-electron chi connectivity index (χ1n) is 9.28. The minimum absolute atomic E-state index is 0.608. The van der Waals surface area contributed by atoms with E-state index in [-0.39, 0.29) is 0 Å². The monoisotopic (exact) mass is 383 g/mol. The predicted octanol–water partition coefficient (Wildman–Crippen LogP) is 6.20. The maximum Gasteiger partial charge on any atom is 0.226 e. The van der Waals surface area contributed by atoms with Crippen LogP contribution in [0.1, 0.15) is 11.1 Å². The van der Waals surface area contributed by atoms with Crippen LogP contribution in [0.5, 0.6) is 11.5 Å². The summed E-state index contributed by atoms with van der Waals surface area (Å²) < 4.78 is 16.6. The molecule has 0 fully saturated rings. The molecule has 0 amide bonds. The van der Waals surface area contributed by atoms with Gasteiger partial charge in [-0.1, -0.05) is 54.6 Å². The van der Waals surface area contributed by atoms with E-state index in [0.29, 0.717) is 5.89 Å². The molecule has 144 valence electrons. The Bertz CT molecular complexity index is 1110. The third-order valence-electron chi connectivity index (χ3n) is 4.62. The van der Waals surface area contributed by atoms with Crippen molar-refractivity contribution in [1.29, 1.82) is 0 Å². The van der Waals surface area contributed by atoms with Crippen molar-refractivity contribution in [3.8, 4) is 34.3 Å². The molecule has 1 heterocycles. The number of oxazole rings is 1. The lowest BCUT2D eigenvalue weighted by atomic mass is 10.1. The lowest BCUT2D eigenvalue weighted by Crippen LogP contribution is -1.89. The molecule has 0 radical (unpaired) electrons. The highest BCUT2D eigenvalue weighted by molar-refractivity contribution is 5.74. The fourth-order valence-corrected chi connectivity index (χ4v) is 3.02. The van der Waals surface area contributed by atoms with Gasteiger partial charge in [0.25, 0.3) is 0 Å². The number of hydrogen-bond acceptors (Lipinski definition) is 4. The molecule has 0 saturated heterocycles. The second-order valence-electron chi connectivity index (χ2n) is 6.46. The van der Waals surface area contributed by atoms with Gasteiger partial charge in [-0.05, 0) is 29.8 Å². The van der Waals surface area contributed by atoms with Crippen LogP contribution in [0, 0.1) is 0 Å². The molecular formula is C25H21NO3. The summed E-state index contributed by atoms with van der Waals surface area (Å²) in [5, 5.41) is 0. The molecule has 4 aromatic rings. The zero-order valence-corrected chi connectivity index (χ0v) is 16.3. The molecule has 0 unspecified atom stereocenters. The maximum absolute atomic E-state index is 5.92. The molecule has 0 N–H and O–H groups in total. The van der Waals surface area contributed by atoms with Crippen LogP contribution in [0.3, 0.4) is 0 Å². The van der Waals surface area contributed by atoms with Crippen LogP contribution in [0.25, 0.3) is 34.9 Å². The molecule has 0 bridgehead atoms. The van der Waals surface area contributed by atoms with E-state index < -0.39 is 0 Å². The lowest BCUT2D eigenvalue weighted by Gasteiger charge is -2.07. The Labute approximate surface area is 170 Å². The molecule has 0 spiro atoms. The van der Waals surface area contributed by atoms with Crippen molar-refractivity contribution in [2.45, 2.75) is 0 Å². The molecule has 4 heteroatoms. The van der Waals surface area contributed by atoms with Crippen LogP contribution in [-0.4, -0.2) is 19.2 Å². The van der Waals surface area contributed by atoms with Gasteiger partial charge < -0.3 is 13.9 Å². The van der Waals surface area contributed by atoms with Crippen molar-refractivity contribution in [3.05, 3.63) is 90.1 Å². The van der Waals surface area contributed by atoms with Gasteiger partial charge in [-0.15, -0.1) is 0 Å². The smallest absolute Gasteiger partial charge is 0.226 e. The fourth-order valence-electron chi connectivity index (χ4n) is 3.02. The summed E-state index contributed by atoms with van der Waals surface area (Å²) in [6.45, 7) is 0. The van der Waals surface area contributed by atoms with Crippen molar-refractivity contribution < 1.29 is 13.9 Å². The van der Waals surface area contributed by atoms with Crippen molar-refractivity contribution >= 4 is 12.2 Å². The van der Waals surface area contributed by atoms with E-state index in [2.05, 4.69) is 4.98 Å². The summed E-state index contributed by atoms with van der Waals surface area (Å²) in [5.41, 5.74) is 4.00. The van der Waals surface area contributed by atoms with Gasteiger partial charge in [0.1, 0.15) is 11.5 Å². The highest BCUT2D eigenvalue weighted by Crippen LogP contribution is 2.28. The average Bonchev–Trinajstić information content (AvgIpc) is 3.29. The molecule has 0 atom stereocenters. The quantitative estimate of drug-likeness (QED) is 0.372. The van der Waals surface area contributed by atoms with E-state index in [4.69, 9.17) is 13.9 Å². The first kappa shape index (κ1) is 18.6. The largest absolute Gasteiger partial charge is 0.497 e. The summed E-state index contributed by atoms with van der Waals surface area (Å²) >= 11 is 0. The van der Waals surface area contributed by atoms with Crippen LogP contribution >= 0.6 is 0 Å². The van der Waals surface area contributed by atoms with Gasteiger partial charge in [-0.25, -0.2) is 4.98 Å². The lowest BCUT2D eigenvalue weighted by molar-refractivity contribution is 0.394. The maximum atomic E-state index is 5.92. The van der Waals surface area contributed by atoms with Crippen LogP contribution < -0.4 is 9.47 Å². The molecule has 0 aliphatic rings. The third-order valence-corrected chi connectivity index (χ3v) is 4.62. The van der Waals surface area contributed by atoms with Crippen molar-refractivity contribution in [3.63, 3.8) is 0 Å². The Morgan fingerprint density at radius 3 is 2.31 bits per heavy atom. The minimum Gasteiger partial charge on any atom is -0.497 e. The van der Waals surface area contributed by atoms with E-state index in [9.17, 15) is 0 Å². The highest BCUT2D eigenvalue weighted by Gasteiger charge is 2.08. The van der Waals surface area contributed by atoms with Crippen LogP contribution in [0.15, 0.2) is 83.4 Å². The zero-order chi connectivity index (χ0) is 20.1. The van der Waals surface area contributed by atoms with Gasteiger partial charge in [-0.2, -0.15) is 0 Å². The number of rotatable bonds is 6. The normalized spacial score (nSPS) is 11.0. The topological polar surface area (TPSA) is 44.5 Å². The van der Waals surface area contributed by atoms with Crippen molar-refractivity contribution in [1.82, 2.24) is 4.98 Å². The molecule has 0 saturated carbocycles. The van der Waals surface area contributed by atoms with Gasteiger partial charge >= 0.3 is 0 Å². The van der Waals surface area contributed by atoms with Crippen molar-refractivity contribution in [2.24, 2.45) is 0 Å². The van der Waals surface area contributed by atoms with E-state index in [1.54, 1.807) is 20.4 Å². The number of methoxy groups -OCH3 is 2. The molecule has 0 aliphatic heterocycles. The van der Waals surface area contributed by atoms with Gasteiger partial charge in [0, 0.05) is 22.8 Å². The summed E-state index contributed by atoms with van der Waals surface area (Å²) in [6.07, 6.45) is 5.82. The van der Waals surface area contributed by atoms with E-state index in [1.807, 2.05) is 84.9 Å². The molecule has 4 nitrogen and oxygen atoms in total. The average molecular weight is 383 g/mol. The molecule has 1 aromatic heterocycles. The molecule has 0 aliphatic carbocycles. The first-order valence-corrected chi connectivity index (χ1v) is 9.28. The standard InChI is InChI=1S/C25H21NO3/c1-27-22-15-14-20(23(16-22)28-2)11-8-18-9-12-21(13-10-18)25-26-17-24(29-25)19-6-4-3-5-7-19/h3-17H,1-2H3. The summed E-state index contributed by atoms with van der Waals surface area (Å²) in [6, 6.07) is 23.8. The Morgan fingerprint density at radius 2 is 1.59 bits per heavy atom. The number of hydrogen-bond donors (Lipinski definition) is 0. The first-order chi connectivity index (χ1) is 14.3. The fraction of sp³-hybridized carbons (Fsp3) is 0.0800. The van der Waals surface area contributed by atoms with E-state index >= 15 is 0 Å². The van der Waals surface area contributed by atoms with E-state index in [1.165, 1.54) is 0 Å². The Kier molecular flexibility index (Phi) is 5.43. The van der Waals surface area contributed by atoms with Crippen LogP contribution in [-0.2, 0) is 0 Å². The Balaban J connectivity index is 1.52. The minimum atomic E-state index is 0.608. The third kappa shape index (κ3) is 4.22. The predicted molar refractivity (Wildman–Crippen MR) is 116 cm³/mol. The van der Waals surface area contributed by atoms with Crippen LogP contribution in [0.4, 0.5) is 0 Å². The molecular weight excluding hydrogens is 362 g/mol.